The first kappa shape index (κ1) is 25.0. The highest BCUT2D eigenvalue weighted by Gasteiger charge is 1.94. The summed E-state index contributed by atoms with van der Waals surface area (Å²) in [5.41, 5.74) is 0. The average Bonchev–Trinajstić information content (AvgIpc) is 3.58. The maximum Gasteiger partial charge on any atom is 0.0919 e. The molecule has 8 heteroatoms. The third-order valence-corrected chi connectivity index (χ3v) is 4.37. The number of piperazine rings is 1. The minimum absolute atomic E-state index is 0.889. The topological polar surface area (TPSA) is 98.1 Å². The van der Waals surface area contributed by atoms with Crippen molar-refractivity contribution in [2.75, 3.05) is 78.7 Å². The molecule has 0 atom stereocenters. The number of aromatic amines is 1. The quantitative estimate of drug-likeness (QED) is 0.375. The lowest BCUT2D eigenvalue weighted by Gasteiger charge is -2.11. The van der Waals surface area contributed by atoms with Gasteiger partial charge in [0.2, 0.25) is 0 Å². The second kappa shape index (κ2) is 22.3. The van der Waals surface area contributed by atoms with Gasteiger partial charge in [-0.2, -0.15) is 0 Å². The molecular formula is C20H43N7O. The molecule has 4 saturated heterocycles. The monoisotopic (exact) mass is 397 g/mol. The van der Waals surface area contributed by atoms with Crippen molar-refractivity contribution >= 4 is 0 Å². The summed E-state index contributed by atoms with van der Waals surface area (Å²) in [5.74, 6) is 0. The Morgan fingerprint density at radius 2 is 1.00 bits per heavy atom. The van der Waals surface area contributed by atoms with Crippen LogP contribution in [0, 0.1) is 0 Å². The van der Waals surface area contributed by atoms with Crippen molar-refractivity contribution in [1.82, 2.24) is 36.6 Å². The van der Waals surface area contributed by atoms with Gasteiger partial charge in [-0.15, -0.1) is 0 Å². The van der Waals surface area contributed by atoms with Crippen molar-refractivity contribution in [2.45, 2.75) is 32.1 Å². The Morgan fingerprint density at radius 1 is 0.536 bits per heavy atom. The van der Waals surface area contributed by atoms with Crippen LogP contribution in [0.4, 0.5) is 0 Å². The van der Waals surface area contributed by atoms with Gasteiger partial charge < -0.3 is 36.3 Å². The normalized spacial score (nSPS) is 21.1. The van der Waals surface area contributed by atoms with Crippen LogP contribution in [0.25, 0.3) is 0 Å². The Morgan fingerprint density at radius 3 is 1.18 bits per heavy atom. The number of aromatic nitrogens is 2. The van der Waals surface area contributed by atoms with Gasteiger partial charge in [0.05, 0.1) is 19.5 Å². The Bertz CT molecular complexity index is 275. The van der Waals surface area contributed by atoms with Crippen LogP contribution in [0.2, 0.25) is 0 Å². The average molecular weight is 398 g/mol. The lowest BCUT2D eigenvalue weighted by molar-refractivity contribution is 0.109. The molecule has 0 spiro atoms. The Hall–Kier alpha value is -1.03. The van der Waals surface area contributed by atoms with Gasteiger partial charge in [0.1, 0.15) is 0 Å². The Kier molecular flexibility index (Phi) is 19.9. The predicted molar refractivity (Wildman–Crippen MR) is 117 cm³/mol. The van der Waals surface area contributed by atoms with Gasteiger partial charge in [-0.1, -0.05) is 6.42 Å². The molecule has 1 aromatic heterocycles. The van der Waals surface area contributed by atoms with E-state index in [4.69, 9.17) is 4.74 Å². The summed E-state index contributed by atoms with van der Waals surface area (Å²) in [6.45, 7) is 13.4. The van der Waals surface area contributed by atoms with Crippen molar-refractivity contribution in [1.29, 1.82) is 0 Å². The molecule has 6 N–H and O–H groups in total. The minimum atomic E-state index is 0.889. The molecule has 4 aliphatic heterocycles. The first-order valence-corrected chi connectivity index (χ1v) is 11.0. The first-order valence-electron chi connectivity index (χ1n) is 11.0. The lowest BCUT2D eigenvalue weighted by atomic mass is 10.2. The second-order valence-electron chi connectivity index (χ2n) is 6.89. The van der Waals surface area contributed by atoms with Gasteiger partial charge in [-0.25, -0.2) is 4.98 Å². The van der Waals surface area contributed by atoms with E-state index in [1.165, 1.54) is 58.3 Å². The van der Waals surface area contributed by atoms with Crippen LogP contribution in [0.15, 0.2) is 18.7 Å². The van der Waals surface area contributed by atoms with Gasteiger partial charge in [0.25, 0.3) is 0 Å². The van der Waals surface area contributed by atoms with Crippen molar-refractivity contribution in [3.63, 3.8) is 0 Å². The van der Waals surface area contributed by atoms with Crippen LogP contribution < -0.4 is 26.6 Å². The number of nitrogens with one attached hydrogen (secondary N) is 6. The number of ether oxygens (including phenoxy) is 1. The van der Waals surface area contributed by atoms with Crippen LogP contribution in [0.1, 0.15) is 32.1 Å². The van der Waals surface area contributed by atoms with Crippen molar-refractivity contribution in [2.24, 2.45) is 0 Å². The molecule has 0 radical (unpaired) electrons. The molecule has 5 rings (SSSR count). The van der Waals surface area contributed by atoms with Gasteiger partial charge in [-0.3, -0.25) is 0 Å². The van der Waals surface area contributed by atoms with E-state index >= 15 is 0 Å². The number of morpholine rings is 1. The summed E-state index contributed by atoms with van der Waals surface area (Å²) in [5, 5.41) is 16.1. The summed E-state index contributed by atoms with van der Waals surface area (Å²) in [4.78, 5) is 6.42. The molecule has 0 aromatic carbocycles. The van der Waals surface area contributed by atoms with Crippen molar-refractivity contribution in [3.8, 4) is 0 Å². The van der Waals surface area contributed by atoms with Crippen molar-refractivity contribution in [3.05, 3.63) is 18.7 Å². The van der Waals surface area contributed by atoms with E-state index in [0.717, 1.165) is 52.5 Å². The first-order chi connectivity index (χ1) is 14.0. The van der Waals surface area contributed by atoms with Crippen LogP contribution in [-0.4, -0.2) is 88.6 Å². The second-order valence-corrected chi connectivity index (χ2v) is 6.89. The SMILES string of the molecule is C1CCNC1.C1CCNCC1.C1CNCCN1.C1COCCN1.c1c[nH]cn1. The molecule has 0 saturated carbocycles. The molecule has 5 heterocycles. The van der Waals surface area contributed by atoms with Gasteiger partial charge in [0, 0.05) is 51.7 Å². The number of imidazole rings is 1. The maximum absolute atomic E-state index is 5.01. The highest BCUT2D eigenvalue weighted by atomic mass is 16.5. The number of nitrogens with zero attached hydrogens (tertiary/aromatic N) is 1. The van der Waals surface area contributed by atoms with Crippen LogP contribution in [0.5, 0.6) is 0 Å². The zero-order valence-electron chi connectivity index (χ0n) is 17.6. The van der Waals surface area contributed by atoms with Crippen LogP contribution in [0.3, 0.4) is 0 Å². The number of rotatable bonds is 0. The highest BCUT2D eigenvalue weighted by Crippen LogP contribution is 1.96. The number of hydrogen-bond donors (Lipinski definition) is 6. The summed E-state index contributed by atoms with van der Waals surface area (Å²) in [7, 11) is 0. The number of H-pyrrole nitrogens is 1. The Balaban J connectivity index is 0.000000175. The molecule has 164 valence electrons. The minimum Gasteiger partial charge on any atom is -0.379 e. The Labute approximate surface area is 171 Å². The van der Waals surface area contributed by atoms with Crippen LogP contribution in [-0.2, 0) is 4.74 Å². The van der Waals surface area contributed by atoms with E-state index in [-0.39, 0.29) is 0 Å². The fourth-order valence-corrected chi connectivity index (χ4v) is 2.76. The fraction of sp³-hybridized carbons (Fsp3) is 0.850. The third-order valence-electron chi connectivity index (χ3n) is 4.37. The molecule has 1 aromatic rings. The molecular weight excluding hydrogens is 354 g/mol. The van der Waals surface area contributed by atoms with Gasteiger partial charge in [0.15, 0.2) is 0 Å². The molecule has 4 fully saturated rings. The fourth-order valence-electron chi connectivity index (χ4n) is 2.76. The molecule has 0 unspecified atom stereocenters. The summed E-state index contributed by atoms with van der Waals surface area (Å²) < 4.78 is 5.01. The van der Waals surface area contributed by atoms with E-state index in [9.17, 15) is 0 Å². The van der Waals surface area contributed by atoms with E-state index < -0.39 is 0 Å². The van der Waals surface area contributed by atoms with E-state index in [2.05, 4.69) is 36.6 Å². The molecule has 0 amide bonds. The zero-order valence-corrected chi connectivity index (χ0v) is 17.6. The summed E-state index contributed by atoms with van der Waals surface area (Å²) in [6.07, 6.45) is 12.1. The zero-order chi connectivity index (χ0) is 19.8. The maximum atomic E-state index is 5.01. The van der Waals surface area contributed by atoms with Gasteiger partial charge in [-0.05, 0) is 51.9 Å². The smallest absolute Gasteiger partial charge is 0.0919 e. The largest absolute Gasteiger partial charge is 0.379 e. The molecule has 0 aliphatic carbocycles. The standard InChI is InChI=1S/C5H11N.C4H10N2.C4H9NO.C4H9N.C3H4N2/c1-2-4-6-5-3-1;1-2-6-4-3-5-1;1-3-6-4-2-5-1;1-2-4-5-3-1;1-2-5-3-4-1/h6H,1-5H2;5-6H,1-4H2;5H,1-4H2;5H,1-4H2;1-3H,(H,4,5). The molecule has 4 aliphatic rings. The van der Waals surface area contributed by atoms with E-state index in [1.54, 1.807) is 18.7 Å². The molecule has 8 nitrogen and oxygen atoms in total. The van der Waals surface area contributed by atoms with Crippen LogP contribution >= 0.6 is 0 Å². The number of hydrogen-bond acceptors (Lipinski definition) is 7. The summed E-state index contributed by atoms with van der Waals surface area (Å²) in [6, 6.07) is 0. The summed E-state index contributed by atoms with van der Waals surface area (Å²) >= 11 is 0. The molecule has 28 heavy (non-hydrogen) atoms. The van der Waals surface area contributed by atoms with E-state index in [1.807, 2.05) is 0 Å². The highest BCUT2D eigenvalue weighted by molar-refractivity contribution is 4.64. The predicted octanol–water partition coefficient (Wildman–Crippen LogP) is 0.325. The molecule has 0 bridgehead atoms. The van der Waals surface area contributed by atoms with Gasteiger partial charge >= 0.3 is 0 Å². The van der Waals surface area contributed by atoms with Crippen molar-refractivity contribution < 1.29 is 4.74 Å². The van der Waals surface area contributed by atoms with E-state index in [0.29, 0.717) is 0 Å². The number of piperidine rings is 1. The lowest BCUT2D eigenvalue weighted by Crippen LogP contribution is -2.39. The third kappa shape index (κ3) is 19.7.